The molecule has 2 aromatic heterocycles. The summed E-state index contributed by atoms with van der Waals surface area (Å²) in [6, 6.07) is 18.7. The molecule has 2 heterocycles. The number of aryl methyl sites for hydroxylation is 3. The number of carboxylic acids is 1. The maximum Gasteiger partial charge on any atom is 0.431 e. The summed E-state index contributed by atoms with van der Waals surface area (Å²) >= 11 is 5.76. The summed E-state index contributed by atoms with van der Waals surface area (Å²) in [5.74, 6) is -1.26. The molecular weight excluding hydrogens is 1260 g/mol. The van der Waals surface area contributed by atoms with Crippen LogP contribution in [0.3, 0.4) is 0 Å². The lowest BCUT2D eigenvalue weighted by Gasteiger charge is -2.31. The molecule has 21 nitrogen and oxygen atoms in total. The number of nitrogens with zero attached hydrogens (tertiary/aromatic N) is 4. The van der Waals surface area contributed by atoms with Crippen molar-refractivity contribution in [1.29, 1.82) is 0 Å². The molecule has 1 saturated carbocycles. The number of para-hydroxylation sites is 1. The molecule has 4 N–H and O–H groups in total. The fourth-order valence-corrected chi connectivity index (χ4v) is 10.4. The predicted molar refractivity (Wildman–Crippen MR) is 322 cm³/mol. The SMILES string of the molecule is CCc1ccc(COc2ccc(-n3c(=O)cc(C(F)(F)F)n(C)c3=O)cc2)c(OC(C)C(=O)OC)c1.CCc1cccc(C)c1N(C(=O)CCl)C(C)COC.CP(=O)(O)CCC(N)C(=O)O.CS(=O)(=O)c1cc(C(F)(F)F)ccc1C(=O)c1cnoc1C1CC1. The first-order chi connectivity index (χ1) is 41.9. The van der Waals surface area contributed by atoms with Gasteiger partial charge in [0, 0.05) is 56.4 Å². The summed E-state index contributed by atoms with van der Waals surface area (Å²) in [7, 11) is -3.29. The Bertz CT molecular complexity index is 3770. The second kappa shape index (κ2) is 32.4. The number of amides is 1. The molecule has 1 fully saturated rings. The van der Waals surface area contributed by atoms with E-state index in [4.69, 9.17) is 50.8 Å². The van der Waals surface area contributed by atoms with Crippen LogP contribution in [-0.4, -0.2) is 120 Å². The topological polar surface area (TPSA) is 296 Å². The number of carbonyl (C=O) groups is 4. The van der Waals surface area contributed by atoms with Crippen molar-refractivity contribution in [3.05, 3.63) is 162 Å². The smallest absolute Gasteiger partial charge is 0.431 e. The highest BCUT2D eigenvalue weighted by Crippen LogP contribution is 2.43. The Hall–Kier alpha value is -7.62. The number of ether oxygens (including phenoxy) is 4. The average molecular weight is 1330 g/mol. The molecule has 4 atom stereocenters. The molecule has 6 aromatic rings. The van der Waals surface area contributed by atoms with Crippen LogP contribution in [0.1, 0.15) is 108 Å². The molecular formula is C60H71ClF6N5O16PS. The van der Waals surface area contributed by atoms with Crippen LogP contribution < -0.4 is 31.4 Å². The van der Waals surface area contributed by atoms with Crippen molar-refractivity contribution in [3.8, 4) is 17.2 Å². The van der Waals surface area contributed by atoms with E-state index >= 15 is 0 Å². The zero-order chi connectivity index (χ0) is 67.8. The molecule has 492 valence electrons. The normalized spacial score (nSPS) is 13.9. The van der Waals surface area contributed by atoms with Gasteiger partial charge in [-0.15, -0.1) is 11.6 Å². The van der Waals surface area contributed by atoms with Crippen molar-refractivity contribution in [3.63, 3.8) is 0 Å². The van der Waals surface area contributed by atoms with Crippen molar-refractivity contribution < 1.29 is 92.0 Å². The quantitative estimate of drug-likeness (QED) is 0.0187. The minimum absolute atomic E-state index is 0.0223. The second-order valence-electron chi connectivity index (χ2n) is 20.7. The third-order valence-electron chi connectivity index (χ3n) is 13.6. The number of esters is 1. The van der Waals surface area contributed by atoms with E-state index in [1.54, 1.807) is 18.9 Å². The van der Waals surface area contributed by atoms with E-state index < -0.39 is 86.8 Å². The third kappa shape index (κ3) is 21.0. The van der Waals surface area contributed by atoms with Crippen molar-refractivity contribution in [1.82, 2.24) is 14.3 Å². The highest BCUT2D eigenvalue weighted by Gasteiger charge is 2.37. The van der Waals surface area contributed by atoms with Gasteiger partial charge in [-0.1, -0.05) is 49.3 Å². The molecule has 4 unspecified atom stereocenters. The van der Waals surface area contributed by atoms with Gasteiger partial charge < -0.3 is 44.1 Å². The van der Waals surface area contributed by atoms with Crippen LogP contribution in [0.4, 0.5) is 32.0 Å². The molecule has 4 aromatic carbocycles. The van der Waals surface area contributed by atoms with Gasteiger partial charge in [-0.05, 0) is 118 Å². The number of sulfone groups is 1. The van der Waals surface area contributed by atoms with Crippen LogP contribution >= 0.6 is 19.0 Å². The van der Waals surface area contributed by atoms with E-state index in [1.807, 2.05) is 51.1 Å². The molecule has 1 aliphatic rings. The zero-order valence-corrected chi connectivity index (χ0v) is 53.3. The number of aromatic nitrogens is 3. The van der Waals surface area contributed by atoms with Gasteiger partial charge in [0.2, 0.25) is 5.91 Å². The molecule has 90 heavy (non-hydrogen) atoms. The van der Waals surface area contributed by atoms with Gasteiger partial charge in [-0.3, -0.25) is 28.3 Å². The number of anilines is 1. The van der Waals surface area contributed by atoms with Gasteiger partial charge in [-0.2, -0.15) is 26.3 Å². The van der Waals surface area contributed by atoms with Gasteiger partial charge in [0.1, 0.15) is 35.7 Å². The van der Waals surface area contributed by atoms with E-state index in [0.29, 0.717) is 56.8 Å². The summed E-state index contributed by atoms with van der Waals surface area (Å²) in [5, 5.41) is 11.8. The monoisotopic (exact) mass is 1330 g/mol. The molecule has 30 heteroatoms. The number of halogens is 7. The Morgan fingerprint density at radius 1 is 0.911 bits per heavy atom. The van der Waals surface area contributed by atoms with E-state index in [-0.39, 0.29) is 59.8 Å². The predicted octanol–water partition coefficient (Wildman–Crippen LogP) is 9.69. The molecule has 1 aliphatic carbocycles. The van der Waals surface area contributed by atoms with Crippen LogP contribution in [0.25, 0.3) is 5.69 Å². The standard InChI is InChI=1S/C25H25F3N2O6.C15H22ClNO2.C15H12F3NO4S.C5H12NO4P/c1-5-16-6-7-17(20(12-16)36-15(2)23(32)34-4)14-35-19-10-8-18(9-11-19)30-22(31)13-21(25(26,27)28)29(3)24(30)33;1-5-13-8-6-7-11(2)15(13)17(14(18)9-16)12(3)10-19-4;1-24(21,22)12-6-9(15(16,17)18)4-5-10(12)13(20)11-7-19-23-14(11)8-2-3-8;1-11(9,10)3-2-4(6)5(7)8/h6-13,15H,5,14H2,1-4H3;6-8,12H,5,9-10H2,1-4H3;4-8H,2-3H2,1H3;4H,2-3,6H2,1H3,(H,7,8)(H,9,10). The Balaban J connectivity index is 0.000000277. The van der Waals surface area contributed by atoms with Crippen molar-refractivity contribution in [2.24, 2.45) is 12.8 Å². The molecule has 0 radical (unpaired) electrons. The Morgan fingerprint density at radius 3 is 2.08 bits per heavy atom. The number of ketones is 1. The number of aliphatic carboxylic acids is 1. The number of carboxylic acid groups (broad SMARTS) is 1. The molecule has 7 rings (SSSR count). The van der Waals surface area contributed by atoms with E-state index in [2.05, 4.69) is 18.1 Å². The highest BCUT2D eigenvalue weighted by atomic mass is 35.5. The first-order valence-corrected chi connectivity index (χ1v) is 32.3. The van der Waals surface area contributed by atoms with Crippen molar-refractivity contribution in [2.75, 3.05) is 50.7 Å². The van der Waals surface area contributed by atoms with Gasteiger partial charge in [0.05, 0.1) is 53.4 Å². The van der Waals surface area contributed by atoms with Gasteiger partial charge >= 0.3 is 30.0 Å². The Kier molecular flexibility index (Phi) is 26.9. The van der Waals surface area contributed by atoms with Crippen molar-refractivity contribution >= 4 is 58.1 Å². The minimum Gasteiger partial charge on any atom is -0.489 e. The number of hydrogen-bond acceptors (Lipinski definition) is 16. The summed E-state index contributed by atoms with van der Waals surface area (Å²) < 4.78 is 140. The first-order valence-electron chi connectivity index (χ1n) is 27.6. The molecule has 0 spiro atoms. The fourth-order valence-electron chi connectivity index (χ4n) is 8.66. The zero-order valence-electron chi connectivity index (χ0n) is 50.8. The maximum absolute atomic E-state index is 13.1. The Morgan fingerprint density at radius 2 is 1.56 bits per heavy atom. The summed E-state index contributed by atoms with van der Waals surface area (Å²) in [6.45, 7) is 11.4. The number of carbonyl (C=O) groups excluding carboxylic acids is 3. The number of nitrogens with two attached hydrogens (primary N) is 1. The molecule has 0 saturated heterocycles. The molecule has 0 bridgehead atoms. The summed E-state index contributed by atoms with van der Waals surface area (Å²) in [4.78, 5) is 81.3. The lowest BCUT2D eigenvalue weighted by Crippen LogP contribution is -2.43. The number of methoxy groups -OCH3 is 2. The van der Waals surface area contributed by atoms with Crippen molar-refractivity contribution in [2.45, 2.75) is 115 Å². The lowest BCUT2D eigenvalue weighted by molar-refractivity contribution is -0.148. The van der Waals surface area contributed by atoms with Crippen LogP contribution in [0, 0.1) is 6.92 Å². The average Bonchev–Trinajstić information content (AvgIpc) is 0.930. The molecule has 1 amide bonds. The van der Waals surface area contributed by atoms with Crippen LogP contribution in [0.5, 0.6) is 11.5 Å². The third-order valence-corrected chi connectivity index (χ3v) is 16.0. The molecule has 0 aliphatic heterocycles. The number of rotatable bonds is 22. The largest absolute Gasteiger partial charge is 0.489 e. The number of hydrogen-bond donors (Lipinski definition) is 3. The second-order valence-corrected chi connectivity index (χ2v) is 25.5. The fraction of sp³-hybridized carbons (Fsp3) is 0.417. The Labute approximate surface area is 520 Å². The van der Waals surface area contributed by atoms with Crippen LogP contribution in [0.2, 0.25) is 0 Å². The van der Waals surface area contributed by atoms with Gasteiger partial charge in [0.25, 0.3) is 5.56 Å². The van der Waals surface area contributed by atoms with Crippen LogP contribution in [0.15, 0.2) is 110 Å². The maximum atomic E-state index is 13.1. The number of alkyl halides is 7. The van der Waals surface area contributed by atoms with Gasteiger partial charge in [-0.25, -0.2) is 22.6 Å². The lowest BCUT2D eigenvalue weighted by atomic mass is 10.0. The van der Waals surface area contributed by atoms with Crippen LogP contribution in [-0.2, 0) is 77.1 Å². The first kappa shape index (κ1) is 74.8. The number of benzene rings is 4. The van der Waals surface area contributed by atoms with Gasteiger partial charge in [0.15, 0.2) is 34.9 Å². The van der Waals surface area contributed by atoms with E-state index in [0.717, 1.165) is 67.4 Å². The summed E-state index contributed by atoms with van der Waals surface area (Å²) in [6.07, 6.45) is -5.17. The minimum atomic E-state index is -4.84. The van der Waals surface area contributed by atoms with E-state index in [1.165, 1.54) is 44.2 Å². The summed E-state index contributed by atoms with van der Waals surface area (Å²) in [5.41, 5.74) is 5.13. The van der Waals surface area contributed by atoms with E-state index in [9.17, 15) is 68.1 Å². The highest BCUT2D eigenvalue weighted by molar-refractivity contribution is 7.90.